The number of amides is 1. The van der Waals surface area contributed by atoms with Crippen molar-refractivity contribution < 1.29 is 33.3 Å². The number of benzene rings is 1. The summed E-state index contributed by atoms with van der Waals surface area (Å²) in [5.74, 6) is 0.205. The van der Waals surface area contributed by atoms with E-state index in [0.29, 0.717) is 43.7 Å². The minimum Gasteiger partial charge on any atom is -0.501 e. The highest BCUT2D eigenvalue weighted by atomic mass is 32.2. The summed E-state index contributed by atoms with van der Waals surface area (Å²) in [6.45, 7) is 7.89. The third-order valence-corrected chi connectivity index (χ3v) is 8.30. The molecule has 0 spiro atoms. The van der Waals surface area contributed by atoms with Crippen LogP contribution < -0.4 is 4.74 Å². The molecule has 1 amide bonds. The van der Waals surface area contributed by atoms with Crippen LogP contribution in [0.25, 0.3) is 0 Å². The van der Waals surface area contributed by atoms with Crippen molar-refractivity contribution in [1.82, 2.24) is 4.90 Å². The van der Waals surface area contributed by atoms with Crippen LogP contribution in [-0.4, -0.2) is 67.2 Å². The highest BCUT2D eigenvalue weighted by Crippen LogP contribution is 2.43. The first-order valence-electron chi connectivity index (χ1n) is 14.0. The van der Waals surface area contributed by atoms with Gasteiger partial charge in [-0.15, -0.1) is 6.58 Å². The number of hydrogen-bond donors (Lipinski definition) is 0. The van der Waals surface area contributed by atoms with Gasteiger partial charge in [0.15, 0.2) is 5.79 Å². The van der Waals surface area contributed by atoms with Crippen LogP contribution in [0.4, 0.5) is 4.79 Å². The number of thioether (sulfide) groups is 1. The lowest BCUT2D eigenvalue weighted by atomic mass is 9.90. The molecule has 9 heteroatoms. The van der Waals surface area contributed by atoms with Crippen LogP contribution in [0, 0.1) is 0 Å². The van der Waals surface area contributed by atoms with Gasteiger partial charge in [0.05, 0.1) is 32.4 Å². The number of methoxy groups -OCH3 is 3. The molecule has 3 rings (SSSR count). The molecule has 1 aromatic rings. The highest BCUT2D eigenvalue weighted by Gasteiger charge is 2.54. The molecule has 2 aliphatic heterocycles. The van der Waals surface area contributed by atoms with Crippen molar-refractivity contribution in [3.05, 3.63) is 79.1 Å². The average Bonchev–Trinajstić information content (AvgIpc) is 3.35. The van der Waals surface area contributed by atoms with E-state index in [9.17, 15) is 9.59 Å². The van der Waals surface area contributed by atoms with Gasteiger partial charge in [-0.25, -0.2) is 4.79 Å². The van der Waals surface area contributed by atoms with Crippen molar-refractivity contribution in [2.45, 2.75) is 75.5 Å². The minimum absolute atomic E-state index is 0.0358. The van der Waals surface area contributed by atoms with Crippen LogP contribution in [0.15, 0.2) is 73.6 Å². The van der Waals surface area contributed by atoms with Gasteiger partial charge in [0.2, 0.25) is 0 Å². The van der Waals surface area contributed by atoms with Crippen LogP contribution in [-0.2, 0) is 30.3 Å². The number of allylic oxidation sites excluding steroid dienone is 5. The van der Waals surface area contributed by atoms with E-state index < -0.39 is 17.9 Å². The summed E-state index contributed by atoms with van der Waals surface area (Å²) < 4.78 is 29.4. The van der Waals surface area contributed by atoms with E-state index in [4.69, 9.17) is 23.7 Å². The Morgan fingerprint density at radius 3 is 2.63 bits per heavy atom. The lowest BCUT2D eigenvalue weighted by Crippen LogP contribution is -2.60. The van der Waals surface area contributed by atoms with E-state index in [0.717, 1.165) is 30.6 Å². The Balaban J connectivity index is 1.81. The van der Waals surface area contributed by atoms with E-state index >= 15 is 0 Å². The predicted octanol–water partition coefficient (Wildman–Crippen LogP) is 6.58. The summed E-state index contributed by atoms with van der Waals surface area (Å²) in [5.41, 5.74) is 0.972. The molecule has 0 radical (unpaired) electrons. The van der Waals surface area contributed by atoms with Gasteiger partial charge < -0.3 is 28.6 Å². The summed E-state index contributed by atoms with van der Waals surface area (Å²) in [5, 5.41) is -0.0358. The molecule has 0 N–H and O–H groups in total. The molecule has 2 fully saturated rings. The summed E-state index contributed by atoms with van der Waals surface area (Å²) in [6, 6.07) is 7.29. The molecule has 41 heavy (non-hydrogen) atoms. The minimum atomic E-state index is -1.13. The number of hydrogen-bond acceptors (Lipinski definition) is 8. The first-order valence-corrected chi connectivity index (χ1v) is 15.0. The fraction of sp³-hybridized carbons (Fsp3) is 0.500. The first-order chi connectivity index (χ1) is 19.9. The Morgan fingerprint density at radius 1 is 1.20 bits per heavy atom. The fourth-order valence-corrected chi connectivity index (χ4v) is 6.30. The summed E-state index contributed by atoms with van der Waals surface area (Å²) in [7, 11) is 4.77. The molecule has 0 aliphatic carbocycles. The zero-order chi connectivity index (χ0) is 29.7. The summed E-state index contributed by atoms with van der Waals surface area (Å²) in [4.78, 5) is 27.9. The van der Waals surface area contributed by atoms with E-state index in [1.54, 1.807) is 32.3 Å². The fourth-order valence-electron chi connectivity index (χ4n) is 5.21. The van der Waals surface area contributed by atoms with Crippen LogP contribution in [0.5, 0.6) is 5.75 Å². The molecule has 224 valence electrons. The number of unbranched alkanes of at least 4 members (excludes halogenated alkanes) is 1. The third kappa shape index (κ3) is 9.24. The lowest BCUT2D eigenvalue weighted by Gasteiger charge is -2.48. The van der Waals surface area contributed by atoms with Gasteiger partial charge in [0.25, 0.3) is 5.24 Å². The van der Waals surface area contributed by atoms with E-state index in [1.165, 1.54) is 17.8 Å². The number of nitrogens with zero attached hydrogens (tertiary/aromatic N) is 1. The Kier molecular flexibility index (Phi) is 13.0. The third-order valence-electron chi connectivity index (χ3n) is 7.33. The highest BCUT2D eigenvalue weighted by molar-refractivity contribution is 8.13. The molecular formula is C32H43NO7S. The first kappa shape index (κ1) is 32.5. The SMILES string of the molecule is C=C/C=C/CC/C(=C/C(=O)O[C@@H]1C[C@@H](CCCC=C)O[C@@](OC)([C@@H]2CSC(=O)N2Cc2ccc(OC)cc2)C1)OC. The Morgan fingerprint density at radius 2 is 1.98 bits per heavy atom. The smallest absolute Gasteiger partial charge is 0.334 e. The van der Waals surface area contributed by atoms with Crippen molar-refractivity contribution in [2.24, 2.45) is 0 Å². The second-order valence-corrected chi connectivity index (χ2v) is 11.0. The van der Waals surface area contributed by atoms with Crippen molar-refractivity contribution in [2.75, 3.05) is 27.1 Å². The maximum absolute atomic E-state index is 13.1. The van der Waals surface area contributed by atoms with Crippen molar-refractivity contribution in [1.29, 1.82) is 0 Å². The quantitative estimate of drug-likeness (QED) is 0.0538. The largest absolute Gasteiger partial charge is 0.501 e. The van der Waals surface area contributed by atoms with Gasteiger partial charge in [0.1, 0.15) is 17.6 Å². The number of esters is 1. The molecule has 2 heterocycles. The standard InChI is InChI=1S/C32H43NO7S/c1-6-8-10-12-13-26(37-4)20-30(34)39-28-19-27(14-11-9-7-2)40-32(21-28,38-5)29-23-41-31(35)33(29)22-24-15-17-25(36-3)18-16-24/h6-8,10,15-18,20,27-29H,1-2,9,11-14,19,21-23H2,3-5H3/b10-8+,26-20-/t27-,28-,29+,32-/m1/s1. The monoisotopic (exact) mass is 585 g/mol. The number of carbonyl (C=O) groups excluding carboxylic acids is 2. The normalized spacial score (nSPS) is 24.9. The Bertz CT molecular complexity index is 1090. The van der Waals surface area contributed by atoms with Crippen molar-refractivity contribution in [3.63, 3.8) is 0 Å². The molecule has 1 aromatic carbocycles. The van der Waals surface area contributed by atoms with E-state index in [1.807, 2.05) is 42.5 Å². The van der Waals surface area contributed by atoms with Gasteiger partial charge in [-0.2, -0.15) is 0 Å². The van der Waals surface area contributed by atoms with Gasteiger partial charge in [-0.05, 0) is 43.4 Å². The van der Waals surface area contributed by atoms with Crippen LogP contribution in [0.3, 0.4) is 0 Å². The van der Waals surface area contributed by atoms with Gasteiger partial charge in [-0.3, -0.25) is 4.79 Å². The maximum Gasteiger partial charge on any atom is 0.334 e. The molecule has 2 saturated heterocycles. The molecule has 0 unspecified atom stereocenters. The Labute approximate surface area is 248 Å². The van der Waals surface area contributed by atoms with Crippen molar-refractivity contribution in [3.8, 4) is 5.75 Å². The number of ether oxygens (including phenoxy) is 5. The number of rotatable bonds is 16. The molecular weight excluding hydrogens is 542 g/mol. The van der Waals surface area contributed by atoms with Crippen LogP contribution >= 0.6 is 11.8 Å². The zero-order valence-electron chi connectivity index (χ0n) is 24.4. The Hall–Kier alpha value is -3.01. The number of carbonyl (C=O) groups is 2. The lowest BCUT2D eigenvalue weighted by molar-refractivity contribution is -0.305. The zero-order valence-corrected chi connectivity index (χ0v) is 25.2. The molecule has 4 atom stereocenters. The van der Waals surface area contributed by atoms with Gasteiger partial charge in [-0.1, -0.05) is 54.8 Å². The van der Waals surface area contributed by atoms with Gasteiger partial charge >= 0.3 is 5.97 Å². The molecule has 2 aliphatic rings. The van der Waals surface area contributed by atoms with Crippen LogP contribution in [0.2, 0.25) is 0 Å². The van der Waals surface area contributed by atoms with E-state index in [2.05, 4.69) is 13.2 Å². The second kappa shape index (κ2) is 16.4. The maximum atomic E-state index is 13.1. The second-order valence-electron chi connectivity index (χ2n) is 10.1. The van der Waals surface area contributed by atoms with Crippen LogP contribution in [0.1, 0.15) is 50.5 Å². The molecule has 0 aromatic heterocycles. The summed E-state index contributed by atoms with van der Waals surface area (Å²) in [6.07, 6.45) is 12.8. The van der Waals surface area contributed by atoms with Gasteiger partial charge in [0, 0.05) is 38.7 Å². The molecule has 0 bridgehead atoms. The predicted molar refractivity (Wildman–Crippen MR) is 162 cm³/mol. The molecule has 0 saturated carbocycles. The van der Waals surface area contributed by atoms with Crippen molar-refractivity contribution >= 4 is 23.0 Å². The molecule has 8 nitrogen and oxygen atoms in total. The van der Waals surface area contributed by atoms with E-state index in [-0.39, 0.29) is 17.4 Å². The average molecular weight is 586 g/mol. The topological polar surface area (TPSA) is 83.5 Å². The summed E-state index contributed by atoms with van der Waals surface area (Å²) >= 11 is 1.25.